The number of aromatic hydroxyl groups is 1. The van der Waals surface area contributed by atoms with Gasteiger partial charge in [0, 0.05) is 23.7 Å². The molecule has 0 saturated carbocycles. The van der Waals surface area contributed by atoms with Gasteiger partial charge in [0.2, 0.25) is 0 Å². The van der Waals surface area contributed by atoms with Crippen molar-refractivity contribution in [2.45, 2.75) is 19.8 Å². The summed E-state index contributed by atoms with van der Waals surface area (Å²) in [5.41, 5.74) is 4.81. The Hall–Kier alpha value is -6.08. The van der Waals surface area contributed by atoms with Gasteiger partial charge in [-0.1, -0.05) is 97.1 Å². The highest BCUT2D eigenvalue weighted by atomic mass is 16.5. The largest absolute Gasteiger partial charge is 0.505 e. The fourth-order valence-electron chi connectivity index (χ4n) is 5.82. The first-order valence-electron chi connectivity index (χ1n) is 15.3. The van der Waals surface area contributed by atoms with Gasteiger partial charge in [0.15, 0.2) is 16.9 Å². The Labute approximate surface area is 272 Å². The molecule has 0 bridgehead atoms. The van der Waals surface area contributed by atoms with Crippen LogP contribution >= 0.6 is 0 Å². The summed E-state index contributed by atoms with van der Waals surface area (Å²) in [5, 5.41) is 16.2. The maximum absolute atomic E-state index is 14.9. The van der Waals surface area contributed by atoms with Crippen molar-refractivity contribution in [1.29, 1.82) is 0 Å². The van der Waals surface area contributed by atoms with Crippen LogP contribution in [0.25, 0.3) is 21.9 Å². The van der Waals surface area contributed by atoms with Crippen molar-refractivity contribution >= 4 is 28.4 Å². The van der Waals surface area contributed by atoms with E-state index in [-0.39, 0.29) is 23.3 Å². The number of nitrogens with one attached hydrogen (secondary N) is 1. The van der Waals surface area contributed by atoms with E-state index in [9.17, 15) is 9.90 Å². The molecule has 0 unspecified atom stereocenters. The third-order valence-corrected chi connectivity index (χ3v) is 8.18. The SMILES string of the molecule is COc1cc(-c2c(NCc3ccccc3)c(O)c3c4c(ccc(OCc5ccccc5)c4c2=O)N=C3)ccc1OCc1ccccc1. The van der Waals surface area contributed by atoms with E-state index in [0.29, 0.717) is 63.7 Å². The Kier molecular flexibility index (Phi) is 8.26. The molecule has 0 spiro atoms. The standard InChI is InChI=1S/C40H32N2O5/c1-45-34-21-29(17-19-32(34)46-24-27-13-7-3-8-14-27)35-38(42-22-26-11-5-2-6-12-26)39(43)30-23-41-31-18-20-33(37(36(30)31)40(35)44)47-25-28-15-9-4-10-16-28/h2-21,23,42-43H,22,24-25H2,1H3. The summed E-state index contributed by atoms with van der Waals surface area (Å²) in [6, 6.07) is 38.4. The van der Waals surface area contributed by atoms with Gasteiger partial charge < -0.3 is 24.6 Å². The van der Waals surface area contributed by atoms with Crippen molar-refractivity contribution in [3.63, 3.8) is 0 Å². The highest BCUT2D eigenvalue weighted by Crippen LogP contribution is 2.46. The van der Waals surface area contributed by atoms with Crippen molar-refractivity contribution in [3.05, 3.63) is 154 Å². The molecule has 1 heterocycles. The number of hydrogen-bond acceptors (Lipinski definition) is 7. The fraction of sp³-hybridized carbons (Fsp3) is 0.100. The first-order chi connectivity index (χ1) is 23.1. The maximum Gasteiger partial charge on any atom is 0.200 e. The number of ether oxygens (including phenoxy) is 3. The van der Waals surface area contributed by atoms with E-state index in [1.54, 1.807) is 31.5 Å². The molecule has 1 aliphatic rings. The third kappa shape index (κ3) is 5.99. The van der Waals surface area contributed by atoms with Gasteiger partial charge in [0.05, 0.1) is 29.4 Å². The first-order valence-corrected chi connectivity index (χ1v) is 15.3. The molecule has 0 atom stereocenters. The molecule has 0 fully saturated rings. The Bertz CT molecular complexity index is 2150. The summed E-state index contributed by atoms with van der Waals surface area (Å²) >= 11 is 0. The van der Waals surface area contributed by atoms with E-state index < -0.39 is 0 Å². The molecule has 0 aliphatic carbocycles. The Morgan fingerprint density at radius 1 is 0.681 bits per heavy atom. The molecule has 0 saturated heterocycles. The summed E-state index contributed by atoms with van der Waals surface area (Å²) in [6.07, 6.45) is 1.60. The monoisotopic (exact) mass is 620 g/mol. The lowest BCUT2D eigenvalue weighted by molar-refractivity contribution is 0.284. The normalized spacial score (nSPS) is 11.4. The average Bonchev–Trinajstić information content (AvgIpc) is 3.53. The molecule has 0 radical (unpaired) electrons. The van der Waals surface area contributed by atoms with Crippen molar-refractivity contribution in [2.24, 2.45) is 4.99 Å². The van der Waals surface area contributed by atoms with Gasteiger partial charge >= 0.3 is 0 Å². The van der Waals surface area contributed by atoms with Crippen LogP contribution in [0, 0.1) is 0 Å². The molecule has 47 heavy (non-hydrogen) atoms. The summed E-state index contributed by atoms with van der Waals surface area (Å²) in [6.45, 7) is 0.995. The number of benzene rings is 5. The zero-order valence-electron chi connectivity index (χ0n) is 25.8. The lowest BCUT2D eigenvalue weighted by atomic mass is 10.0. The summed E-state index contributed by atoms with van der Waals surface area (Å²) in [4.78, 5) is 19.4. The molecular formula is C40H32N2O5. The van der Waals surface area contributed by atoms with Gasteiger partial charge in [0.25, 0.3) is 0 Å². The van der Waals surface area contributed by atoms with Crippen LogP contribution in [0.4, 0.5) is 11.4 Å². The van der Waals surface area contributed by atoms with Crippen LogP contribution in [0.3, 0.4) is 0 Å². The minimum absolute atomic E-state index is 0.0749. The van der Waals surface area contributed by atoms with E-state index in [2.05, 4.69) is 10.3 Å². The van der Waals surface area contributed by atoms with Crippen molar-refractivity contribution in [2.75, 3.05) is 12.4 Å². The molecule has 0 aromatic heterocycles. The van der Waals surface area contributed by atoms with Crippen molar-refractivity contribution in [3.8, 4) is 34.1 Å². The smallest absolute Gasteiger partial charge is 0.200 e. The third-order valence-electron chi connectivity index (χ3n) is 8.18. The zero-order chi connectivity index (χ0) is 32.2. The Balaban J connectivity index is 1.40. The number of anilines is 1. The second-order valence-electron chi connectivity index (χ2n) is 11.2. The number of nitrogens with zero attached hydrogens (tertiary/aromatic N) is 1. The molecule has 7 rings (SSSR count). The van der Waals surface area contributed by atoms with E-state index in [0.717, 1.165) is 16.7 Å². The Morgan fingerprint density at radius 2 is 1.28 bits per heavy atom. The molecule has 232 valence electrons. The van der Waals surface area contributed by atoms with Crippen LogP contribution in [0.5, 0.6) is 23.0 Å². The van der Waals surface area contributed by atoms with Crippen LogP contribution in [0.2, 0.25) is 0 Å². The second-order valence-corrected chi connectivity index (χ2v) is 11.2. The van der Waals surface area contributed by atoms with E-state index >= 15 is 0 Å². The van der Waals surface area contributed by atoms with Gasteiger partial charge in [-0.15, -0.1) is 0 Å². The van der Waals surface area contributed by atoms with Crippen LogP contribution in [-0.4, -0.2) is 18.4 Å². The van der Waals surface area contributed by atoms with Gasteiger partial charge in [-0.2, -0.15) is 0 Å². The predicted octanol–water partition coefficient (Wildman–Crippen LogP) is 8.42. The molecule has 6 aromatic rings. The summed E-state index contributed by atoms with van der Waals surface area (Å²) in [7, 11) is 1.56. The highest BCUT2D eigenvalue weighted by molar-refractivity contribution is 6.16. The van der Waals surface area contributed by atoms with Crippen molar-refractivity contribution < 1.29 is 19.3 Å². The lowest BCUT2D eigenvalue weighted by Gasteiger charge is -2.15. The van der Waals surface area contributed by atoms with Gasteiger partial charge in [-0.25, -0.2) is 0 Å². The maximum atomic E-state index is 14.9. The molecular weight excluding hydrogens is 588 g/mol. The first kappa shape index (κ1) is 29.6. The molecule has 1 aliphatic heterocycles. The highest BCUT2D eigenvalue weighted by Gasteiger charge is 2.26. The van der Waals surface area contributed by atoms with Gasteiger partial charge in [-0.3, -0.25) is 9.79 Å². The van der Waals surface area contributed by atoms with Crippen LogP contribution in [0.15, 0.2) is 131 Å². The van der Waals surface area contributed by atoms with Gasteiger partial charge in [0.1, 0.15) is 24.7 Å². The average molecular weight is 621 g/mol. The predicted molar refractivity (Wildman–Crippen MR) is 186 cm³/mol. The fourth-order valence-corrected chi connectivity index (χ4v) is 5.82. The molecule has 7 nitrogen and oxygen atoms in total. The molecule has 6 aromatic carbocycles. The summed E-state index contributed by atoms with van der Waals surface area (Å²) in [5.74, 6) is 1.32. The lowest BCUT2D eigenvalue weighted by Crippen LogP contribution is -2.09. The second kappa shape index (κ2) is 13.1. The van der Waals surface area contributed by atoms with Gasteiger partial charge in [-0.05, 0) is 46.5 Å². The van der Waals surface area contributed by atoms with Crippen LogP contribution in [0.1, 0.15) is 22.3 Å². The molecule has 7 heteroatoms. The van der Waals surface area contributed by atoms with Crippen LogP contribution in [-0.2, 0) is 19.8 Å². The number of hydrogen-bond donors (Lipinski definition) is 2. The number of aliphatic imine (C=N–C) groups is 1. The van der Waals surface area contributed by atoms with E-state index in [1.807, 2.05) is 103 Å². The van der Waals surface area contributed by atoms with E-state index in [1.165, 1.54) is 0 Å². The zero-order valence-corrected chi connectivity index (χ0v) is 25.8. The summed E-state index contributed by atoms with van der Waals surface area (Å²) < 4.78 is 18.2. The Morgan fingerprint density at radius 3 is 1.91 bits per heavy atom. The minimum Gasteiger partial charge on any atom is -0.505 e. The van der Waals surface area contributed by atoms with Crippen molar-refractivity contribution in [1.82, 2.24) is 0 Å². The van der Waals surface area contributed by atoms with E-state index in [4.69, 9.17) is 14.2 Å². The molecule has 2 N–H and O–H groups in total. The number of methoxy groups -OCH3 is 1. The minimum atomic E-state index is -0.312. The van der Waals surface area contributed by atoms with Crippen LogP contribution < -0.4 is 25.0 Å². The quantitative estimate of drug-likeness (QED) is 0.151. The molecule has 0 amide bonds. The topological polar surface area (TPSA) is 89.4 Å². The number of rotatable bonds is 11.